The van der Waals surface area contributed by atoms with Crippen LogP contribution in [0, 0.1) is 0 Å². The van der Waals surface area contributed by atoms with Crippen molar-refractivity contribution in [1.29, 1.82) is 0 Å². The standard InChI is InChI=1S/C16H12ClNO2/c1-18-13-7-3-2-6-12(13)15(16(18)17)14(19)9-8-11-5-4-10-20-11/h2-10H,1H3. The van der Waals surface area contributed by atoms with E-state index >= 15 is 0 Å². The van der Waals surface area contributed by atoms with Crippen LogP contribution in [0.1, 0.15) is 16.1 Å². The lowest BCUT2D eigenvalue weighted by Crippen LogP contribution is -1.95. The molecule has 0 saturated heterocycles. The molecule has 3 nitrogen and oxygen atoms in total. The fourth-order valence-electron chi connectivity index (χ4n) is 2.22. The Morgan fingerprint density at radius 3 is 2.80 bits per heavy atom. The van der Waals surface area contributed by atoms with Crippen molar-refractivity contribution in [3.8, 4) is 0 Å². The van der Waals surface area contributed by atoms with Gasteiger partial charge in [-0.2, -0.15) is 0 Å². The van der Waals surface area contributed by atoms with Crippen molar-refractivity contribution in [1.82, 2.24) is 4.57 Å². The minimum absolute atomic E-state index is 0.136. The summed E-state index contributed by atoms with van der Waals surface area (Å²) in [6.45, 7) is 0. The quantitative estimate of drug-likeness (QED) is 0.530. The molecule has 3 aromatic rings. The SMILES string of the molecule is Cn1c(Cl)c(C(=O)C=Cc2ccco2)c2ccccc21. The molecule has 0 N–H and O–H groups in total. The molecule has 2 aromatic heterocycles. The van der Waals surface area contributed by atoms with Crippen molar-refractivity contribution >= 4 is 34.4 Å². The summed E-state index contributed by atoms with van der Waals surface area (Å²) < 4.78 is 6.98. The summed E-state index contributed by atoms with van der Waals surface area (Å²) in [6, 6.07) is 11.2. The summed E-state index contributed by atoms with van der Waals surface area (Å²) >= 11 is 6.28. The number of aromatic nitrogens is 1. The molecule has 0 bridgehead atoms. The van der Waals surface area contributed by atoms with E-state index in [1.165, 1.54) is 6.08 Å². The van der Waals surface area contributed by atoms with E-state index in [1.54, 1.807) is 24.5 Å². The van der Waals surface area contributed by atoms with Gasteiger partial charge in [-0.3, -0.25) is 4.79 Å². The number of nitrogens with zero attached hydrogens (tertiary/aromatic N) is 1. The highest BCUT2D eigenvalue weighted by Crippen LogP contribution is 2.29. The van der Waals surface area contributed by atoms with Crippen molar-refractivity contribution in [2.75, 3.05) is 0 Å². The minimum Gasteiger partial charge on any atom is -0.465 e. The third-order valence-electron chi connectivity index (χ3n) is 3.22. The summed E-state index contributed by atoms with van der Waals surface area (Å²) in [7, 11) is 1.84. The van der Waals surface area contributed by atoms with Crippen LogP contribution in [-0.4, -0.2) is 10.4 Å². The van der Waals surface area contributed by atoms with E-state index in [0.29, 0.717) is 16.5 Å². The maximum absolute atomic E-state index is 12.4. The van der Waals surface area contributed by atoms with Gasteiger partial charge in [0.15, 0.2) is 5.78 Å². The normalized spacial score (nSPS) is 11.5. The van der Waals surface area contributed by atoms with Crippen LogP contribution in [0.3, 0.4) is 0 Å². The number of carbonyl (C=O) groups excluding carboxylic acids is 1. The molecule has 0 aliphatic carbocycles. The van der Waals surface area contributed by atoms with E-state index in [1.807, 2.05) is 35.9 Å². The number of aryl methyl sites for hydroxylation is 1. The van der Waals surface area contributed by atoms with E-state index in [4.69, 9.17) is 16.0 Å². The molecule has 2 heterocycles. The summed E-state index contributed by atoms with van der Waals surface area (Å²) in [4.78, 5) is 12.4. The molecule has 0 spiro atoms. The number of rotatable bonds is 3. The Labute approximate surface area is 121 Å². The summed E-state index contributed by atoms with van der Waals surface area (Å²) in [5.41, 5.74) is 1.46. The monoisotopic (exact) mass is 285 g/mol. The van der Waals surface area contributed by atoms with Gasteiger partial charge in [-0.1, -0.05) is 29.8 Å². The van der Waals surface area contributed by atoms with Crippen LogP contribution in [0.25, 0.3) is 17.0 Å². The lowest BCUT2D eigenvalue weighted by atomic mass is 10.1. The molecule has 0 aliphatic heterocycles. The smallest absolute Gasteiger partial charge is 0.189 e. The molecule has 0 fully saturated rings. The molecule has 0 atom stereocenters. The topological polar surface area (TPSA) is 35.1 Å². The Hall–Kier alpha value is -2.26. The molecule has 0 amide bonds. The zero-order chi connectivity index (χ0) is 14.1. The van der Waals surface area contributed by atoms with Gasteiger partial charge >= 0.3 is 0 Å². The van der Waals surface area contributed by atoms with Gasteiger partial charge in [-0.25, -0.2) is 0 Å². The second-order valence-corrected chi connectivity index (χ2v) is 4.81. The predicted octanol–water partition coefficient (Wildman–Crippen LogP) is 4.32. The summed E-state index contributed by atoms with van der Waals surface area (Å²) in [6.07, 6.45) is 4.68. The molecule has 0 aliphatic rings. The predicted molar refractivity (Wildman–Crippen MR) is 80.0 cm³/mol. The van der Waals surface area contributed by atoms with Crippen molar-refractivity contribution in [3.63, 3.8) is 0 Å². The average molecular weight is 286 g/mol. The molecule has 20 heavy (non-hydrogen) atoms. The number of furan rings is 1. The molecular weight excluding hydrogens is 274 g/mol. The van der Waals surface area contributed by atoms with Crippen LogP contribution in [-0.2, 0) is 7.05 Å². The number of carbonyl (C=O) groups is 1. The highest BCUT2D eigenvalue weighted by atomic mass is 35.5. The number of halogens is 1. The first kappa shape index (κ1) is 12.8. The molecule has 3 rings (SSSR count). The number of fused-ring (bicyclic) bond motifs is 1. The first-order valence-electron chi connectivity index (χ1n) is 6.17. The van der Waals surface area contributed by atoms with Crippen LogP contribution >= 0.6 is 11.6 Å². The minimum atomic E-state index is -0.136. The van der Waals surface area contributed by atoms with Gasteiger partial charge in [-0.05, 0) is 30.4 Å². The van der Waals surface area contributed by atoms with Crippen molar-refractivity contribution in [2.45, 2.75) is 0 Å². The van der Waals surface area contributed by atoms with E-state index in [-0.39, 0.29) is 5.78 Å². The zero-order valence-electron chi connectivity index (χ0n) is 10.8. The van der Waals surface area contributed by atoms with Gasteiger partial charge < -0.3 is 8.98 Å². The third kappa shape index (κ3) is 2.06. The second kappa shape index (κ2) is 5.02. The Morgan fingerprint density at radius 2 is 2.05 bits per heavy atom. The molecular formula is C16H12ClNO2. The zero-order valence-corrected chi connectivity index (χ0v) is 11.6. The van der Waals surface area contributed by atoms with Crippen molar-refractivity contribution in [3.05, 3.63) is 65.2 Å². The van der Waals surface area contributed by atoms with Crippen LogP contribution in [0.15, 0.2) is 53.2 Å². The van der Waals surface area contributed by atoms with Gasteiger partial charge in [0.05, 0.1) is 11.8 Å². The van der Waals surface area contributed by atoms with Crippen molar-refractivity contribution in [2.24, 2.45) is 7.05 Å². The number of hydrogen-bond donors (Lipinski definition) is 0. The molecule has 0 radical (unpaired) electrons. The maximum atomic E-state index is 12.4. The van der Waals surface area contributed by atoms with Crippen molar-refractivity contribution < 1.29 is 9.21 Å². The summed E-state index contributed by atoms with van der Waals surface area (Å²) in [5, 5.41) is 1.30. The molecule has 4 heteroatoms. The number of benzene rings is 1. The number of ketones is 1. The van der Waals surface area contributed by atoms with Crippen LogP contribution < -0.4 is 0 Å². The Kier molecular flexibility index (Phi) is 3.20. The Bertz CT molecular complexity index is 797. The summed E-state index contributed by atoms with van der Waals surface area (Å²) in [5.74, 6) is 0.498. The lowest BCUT2D eigenvalue weighted by Gasteiger charge is -1.96. The number of para-hydroxylation sites is 1. The first-order chi connectivity index (χ1) is 9.68. The highest BCUT2D eigenvalue weighted by molar-refractivity contribution is 6.36. The van der Waals surface area contributed by atoms with Crippen LogP contribution in [0.4, 0.5) is 0 Å². The van der Waals surface area contributed by atoms with Crippen LogP contribution in [0.5, 0.6) is 0 Å². The largest absolute Gasteiger partial charge is 0.465 e. The lowest BCUT2D eigenvalue weighted by molar-refractivity contribution is 0.104. The fraction of sp³-hybridized carbons (Fsp3) is 0.0625. The van der Waals surface area contributed by atoms with Crippen LogP contribution in [0.2, 0.25) is 5.15 Å². The van der Waals surface area contributed by atoms with E-state index in [0.717, 1.165) is 10.9 Å². The van der Waals surface area contributed by atoms with Gasteiger partial charge in [0.25, 0.3) is 0 Å². The van der Waals surface area contributed by atoms with E-state index in [9.17, 15) is 4.79 Å². The molecule has 0 saturated carbocycles. The Morgan fingerprint density at radius 1 is 1.25 bits per heavy atom. The average Bonchev–Trinajstić information content (AvgIpc) is 3.05. The molecule has 1 aromatic carbocycles. The highest BCUT2D eigenvalue weighted by Gasteiger charge is 2.17. The second-order valence-electron chi connectivity index (χ2n) is 4.45. The molecule has 0 unspecified atom stereocenters. The van der Waals surface area contributed by atoms with E-state index < -0.39 is 0 Å². The Balaban J connectivity index is 2.06. The van der Waals surface area contributed by atoms with Gasteiger partial charge in [0.2, 0.25) is 0 Å². The first-order valence-corrected chi connectivity index (χ1v) is 6.55. The molecule has 100 valence electrons. The third-order valence-corrected chi connectivity index (χ3v) is 3.67. The maximum Gasteiger partial charge on any atom is 0.189 e. The fourth-order valence-corrected chi connectivity index (χ4v) is 2.51. The number of allylic oxidation sites excluding steroid dienone is 1. The van der Waals surface area contributed by atoms with Gasteiger partial charge in [0, 0.05) is 18.0 Å². The van der Waals surface area contributed by atoms with E-state index in [2.05, 4.69) is 0 Å². The van der Waals surface area contributed by atoms with Gasteiger partial charge in [-0.15, -0.1) is 0 Å². The number of hydrogen-bond acceptors (Lipinski definition) is 2. The van der Waals surface area contributed by atoms with Gasteiger partial charge in [0.1, 0.15) is 10.9 Å².